The number of ketones is 1. The van der Waals surface area contributed by atoms with Gasteiger partial charge in [-0.15, -0.1) is 0 Å². The van der Waals surface area contributed by atoms with Crippen LogP contribution >= 0.6 is 0 Å². The second kappa shape index (κ2) is 5.02. The van der Waals surface area contributed by atoms with Crippen molar-refractivity contribution in [2.24, 2.45) is 5.92 Å². The molecule has 116 valence electrons. The lowest BCUT2D eigenvalue weighted by molar-refractivity contribution is -0.130. The van der Waals surface area contributed by atoms with Crippen LogP contribution in [0.15, 0.2) is 28.8 Å². The van der Waals surface area contributed by atoms with Crippen LogP contribution in [0, 0.1) is 18.7 Å². The molecule has 0 fully saturated rings. The molecule has 0 saturated heterocycles. The van der Waals surface area contributed by atoms with Crippen molar-refractivity contribution < 1.29 is 18.8 Å². The van der Waals surface area contributed by atoms with Crippen molar-refractivity contribution in [2.75, 3.05) is 0 Å². The van der Waals surface area contributed by atoms with E-state index in [-0.39, 0.29) is 23.9 Å². The minimum atomic E-state index is -1.22. The number of rotatable bonds is 2. The van der Waals surface area contributed by atoms with Gasteiger partial charge in [0, 0.05) is 17.9 Å². The SMILES string of the molecule is CC(=O)[C@@H]1[C@@H](c2ccc(F)cc2)c2c(noc2C)C[C@@]1(C)O. The van der Waals surface area contributed by atoms with Crippen LogP contribution in [0.3, 0.4) is 0 Å². The molecule has 2 aromatic rings. The van der Waals surface area contributed by atoms with Gasteiger partial charge in [0.1, 0.15) is 17.4 Å². The summed E-state index contributed by atoms with van der Waals surface area (Å²) in [4.78, 5) is 12.2. The van der Waals surface area contributed by atoms with Crippen molar-refractivity contribution in [3.8, 4) is 0 Å². The number of carbonyl (C=O) groups excluding carboxylic acids is 1. The largest absolute Gasteiger partial charge is 0.389 e. The van der Waals surface area contributed by atoms with Gasteiger partial charge in [-0.3, -0.25) is 4.79 Å². The Kier molecular flexibility index (Phi) is 3.40. The first-order valence-electron chi connectivity index (χ1n) is 7.24. The number of carbonyl (C=O) groups is 1. The van der Waals surface area contributed by atoms with E-state index in [0.717, 1.165) is 11.1 Å². The van der Waals surface area contributed by atoms with Crippen LogP contribution in [0.2, 0.25) is 0 Å². The van der Waals surface area contributed by atoms with Crippen LogP contribution in [0.25, 0.3) is 0 Å². The molecule has 1 aliphatic carbocycles. The number of Topliss-reactive ketones (excluding diaryl/α,β-unsaturated/α-hetero) is 1. The Morgan fingerprint density at radius 1 is 1.41 bits per heavy atom. The number of halogens is 1. The Balaban J connectivity index is 2.23. The number of fused-ring (bicyclic) bond motifs is 1. The molecule has 4 nitrogen and oxygen atoms in total. The van der Waals surface area contributed by atoms with Gasteiger partial charge in [0.05, 0.1) is 17.2 Å². The quantitative estimate of drug-likeness (QED) is 0.926. The number of benzene rings is 1. The van der Waals surface area contributed by atoms with Crippen LogP contribution < -0.4 is 0 Å². The molecule has 0 saturated carbocycles. The summed E-state index contributed by atoms with van der Waals surface area (Å²) < 4.78 is 18.5. The van der Waals surface area contributed by atoms with E-state index in [1.54, 1.807) is 26.0 Å². The Morgan fingerprint density at radius 3 is 2.64 bits per heavy atom. The zero-order valence-electron chi connectivity index (χ0n) is 12.8. The average Bonchev–Trinajstić information content (AvgIpc) is 2.77. The van der Waals surface area contributed by atoms with Crippen LogP contribution in [0.5, 0.6) is 0 Å². The fourth-order valence-electron chi connectivity index (χ4n) is 3.63. The molecule has 1 aliphatic rings. The summed E-state index contributed by atoms with van der Waals surface area (Å²) >= 11 is 0. The number of hydrogen-bond acceptors (Lipinski definition) is 4. The normalized spacial score (nSPS) is 27.5. The molecule has 5 heteroatoms. The molecule has 0 aliphatic heterocycles. The van der Waals surface area contributed by atoms with Gasteiger partial charge in [0.2, 0.25) is 0 Å². The zero-order chi connectivity index (χ0) is 16.1. The fourth-order valence-corrected chi connectivity index (χ4v) is 3.63. The molecule has 0 bridgehead atoms. The maximum atomic E-state index is 13.2. The smallest absolute Gasteiger partial charge is 0.137 e. The summed E-state index contributed by atoms with van der Waals surface area (Å²) in [6.45, 7) is 4.91. The molecule has 0 radical (unpaired) electrons. The predicted molar refractivity (Wildman–Crippen MR) is 78.0 cm³/mol. The summed E-state index contributed by atoms with van der Waals surface area (Å²) in [7, 11) is 0. The molecule has 1 heterocycles. The third-order valence-corrected chi connectivity index (χ3v) is 4.49. The van der Waals surface area contributed by atoms with Gasteiger partial charge >= 0.3 is 0 Å². The summed E-state index contributed by atoms with van der Waals surface area (Å²) in [5.41, 5.74) is 1.04. The molecule has 1 N–H and O–H groups in total. The Hall–Kier alpha value is -2.01. The third kappa shape index (κ3) is 2.25. The lowest BCUT2D eigenvalue weighted by Crippen LogP contribution is -2.48. The second-order valence-corrected chi connectivity index (χ2v) is 6.25. The maximum absolute atomic E-state index is 13.2. The van der Waals surface area contributed by atoms with E-state index in [0.29, 0.717) is 11.5 Å². The first-order chi connectivity index (χ1) is 10.3. The summed E-state index contributed by atoms with van der Waals surface area (Å²) in [5.74, 6) is -0.823. The first-order valence-corrected chi connectivity index (χ1v) is 7.24. The van der Waals surface area contributed by atoms with Crippen molar-refractivity contribution in [2.45, 2.75) is 38.7 Å². The van der Waals surface area contributed by atoms with E-state index < -0.39 is 11.5 Å². The van der Waals surface area contributed by atoms with E-state index in [9.17, 15) is 14.3 Å². The molecular formula is C17H18FNO3. The topological polar surface area (TPSA) is 63.3 Å². The van der Waals surface area contributed by atoms with Crippen molar-refractivity contribution in [3.05, 3.63) is 52.7 Å². The third-order valence-electron chi connectivity index (χ3n) is 4.49. The first kappa shape index (κ1) is 14.9. The summed E-state index contributed by atoms with van der Waals surface area (Å²) in [6.07, 6.45) is 0.265. The molecule has 3 atom stereocenters. The highest BCUT2D eigenvalue weighted by Crippen LogP contribution is 2.47. The molecule has 0 amide bonds. The summed E-state index contributed by atoms with van der Waals surface area (Å²) in [6, 6.07) is 6.01. The van der Waals surface area contributed by atoms with Gasteiger partial charge < -0.3 is 9.63 Å². The monoisotopic (exact) mass is 303 g/mol. The number of aliphatic hydroxyl groups is 1. The average molecular weight is 303 g/mol. The highest BCUT2D eigenvalue weighted by Gasteiger charge is 2.49. The van der Waals surface area contributed by atoms with E-state index >= 15 is 0 Å². The zero-order valence-corrected chi connectivity index (χ0v) is 12.8. The minimum Gasteiger partial charge on any atom is -0.389 e. The van der Waals surface area contributed by atoms with Gasteiger partial charge in [-0.2, -0.15) is 0 Å². The van der Waals surface area contributed by atoms with Crippen LogP contribution in [-0.4, -0.2) is 21.6 Å². The highest BCUT2D eigenvalue weighted by atomic mass is 19.1. The number of aryl methyl sites for hydroxylation is 1. The fraction of sp³-hybridized carbons (Fsp3) is 0.412. The van der Waals surface area contributed by atoms with E-state index in [1.165, 1.54) is 19.1 Å². The highest BCUT2D eigenvalue weighted by molar-refractivity contribution is 5.82. The lowest BCUT2D eigenvalue weighted by Gasteiger charge is -2.40. The molecule has 0 spiro atoms. The number of nitrogens with zero attached hydrogens (tertiary/aromatic N) is 1. The van der Waals surface area contributed by atoms with Crippen LogP contribution in [-0.2, 0) is 11.2 Å². The Bertz CT molecular complexity index is 718. The van der Waals surface area contributed by atoms with E-state index in [4.69, 9.17) is 4.52 Å². The molecule has 0 unspecified atom stereocenters. The van der Waals surface area contributed by atoms with Crippen LogP contribution in [0.1, 0.15) is 42.3 Å². The molecular weight excluding hydrogens is 285 g/mol. The standard InChI is InChI=1S/C17H18FNO3/c1-9(20)16-15(11-4-6-12(18)7-5-11)14-10(2)22-19-13(14)8-17(16,3)21/h4-7,15-16,21H,8H2,1-3H3/t15-,16+,17+/m0/s1. The second-order valence-electron chi connectivity index (χ2n) is 6.25. The van der Waals surface area contributed by atoms with Gasteiger partial charge in [-0.1, -0.05) is 17.3 Å². The van der Waals surface area contributed by atoms with Gasteiger partial charge in [0.15, 0.2) is 0 Å². The van der Waals surface area contributed by atoms with Crippen molar-refractivity contribution >= 4 is 5.78 Å². The molecule has 1 aromatic carbocycles. The molecule has 22 heavy (non-hydrogen) atoms. The van der Waals surface area contributed by atoms with Crippen molar-refractivity contribution in [1.82, 2.24) is 5.16 Å². The molecule has 1 aromatic heterocycles. The lowest BCUT2D eigenvalue weighted by atomic mass is 9.64. The van der Waals surface area contributed by atoms with Gasteiger partial charge in [-0.05, 0) is 38.5 Å². The number of aromatic nitrogens is 1. The minimum absolute atomic E-state index is 0.106. The van der Waals surface area contributed by atoms with E-state index in [1.807, 2.05) is 0 Å². The number of hydrogen-bond donors (Lipinski definition) is 1. The van der Waals surface area contributed by atoms with E-state index in [2.05, 4.69) is 5.16 Å². The van der Waals surface area contributed by atoms with Crippen molar-refractivity contribution in [3.63, 3.8) is 0 Å². The van der Waals surface area contributed by atoms with Gasteiger partial charge in [-0.25, -0.2) is 4.39 Å². The Morgan fingerprint density at radius 2 is 2.05 bits per heavy atom. The predicted octanol–water partition coefficient (Wildman–Crippen LogP) is 2.77. The summed E-state index contributed by atoms with van der Waals surface area (Å²) in [5, 5.41) is 14.8. The maximum Gasteiger partial charge on any atom is 0.137 e. The van der Waals surface area contributed by atoms with Gasteiger partial charge in [0.25, 0.3) is 0 Å². The Labute approximate surface area is 127 Å². The van der Waals surface area contributed by atoms with Crippen LogP contribution in [0.4, 0.5) is 4.39 Å². The molecule has 3 rings (SSSR count). The van der Waals surface area contributed by atoms with Crippen molar-refractivity contribution in [1.29, 1.82) is 0 Å².